The third-order valence-corrected chi connectivity index (χ3v) is 3.42. The first-order chi connectivity index (χ1) is 9.56. The molecule has 0 heterocycles. The summed E-state index contributed by atoms with van der Waals surface area (Å²) in [5.74, 6) is -0.534. The highest BCUT2D eigenvalue weighted by Gasteiger charge is 2.10. The van der Waals surface area contributed by atoms with Crippen LogP contribution in [0.3, 0.4) is 0 Å². The lowest BCUT2D eigenvalue weighted by Crippen LogP contribution is -2.20. The predicted octanol–water partition coefficient (Wildman–Crippen LogP) is 4.10. The summed E-state index contributed by atoms with van der Waals surface area (Å²) < 4.78 is 19.9. The van der Waals surface area contributed by atoms with Crippen LogP contribution in [-0.4, -0.2) is 12.5 Å². The molecule has 0 aromatic heterocycles. The zero-order chi connectivity index (χ0) is 14.5. The molecule has 1 amide bonds. The molecule has 0 aliphatic carbocycles. The minimum absolute atomic E-state index is 0.0358. The quantitative estimate of drug-likeness (QED) is 0.778. The first-order valence-corrected chi connectivity index (χ1v) is 7.14. The van der Waals surface area contributed by atoms with Crippen LogP contribution in [0.25, 0.3) is 0 Å². The molecule has 104 valence electrons. The van der Waals surface area contributed by atoms with Gasteiger partial charge in [0, 0.05) is 3.57 Å². The average molecular weight is 406 g/mol. The van der Waals surface area contributed by atoms with Crippen LogP contribution in [0.1, 0.15) is 0 Å². The van der Waals surface area contributed by atoms with Crippen LogP contribution in [0.5, 0.6) is 5.75 Å². The van der Waals surface area contributed by atoms with Crippen LogP contribution < -0.4 is 10.1 Å². The number of hydrogen-bond donors (Lipinski definition) is 1. The second-order valence-corrected chi connectivity index (χ2v) is 5.54. The smallest absolute Gasteiger partial charge is 0.262 e. The van der Waals surface area contributed by atoms with Crippen molar-refractivity contribution in [2.45, 2.75) is 0 Å². The van der Waals surface area contributed by atoms with Crippen molar-refractivity contribution >= 4 is 45.8 Å². The lowest BCUT2D eigenvalue weighted by Gasteiger charge is -2.08. The zero-order valence-electron chi connectivity index (χ0n) is 10.2. The third kappa shape index (κ3) is 4.08. The highest BCUT2D eigenvalue weighted by atomic mass is 127. The molecule has 3 nitrogen and oxygen atoms in total. The van der Waals surface area contributed by atoms with Crippen molar-refractivity contribution in [3.8, 4) is 5.75 Å². The number of benzene rings is 2. The molecule has 0 atom stereocenters. The summed E-state index contributed by atoms with van der Waals surface area (Å²) >= 11 is 7.80. The number of nitrogens with one attached hydrogen (secondary N) is 1. The maximum absolute atomic E-state index is 13.6. The molecule has 0 aliphatic heterocycles. The van der Waals surface area contributed by atoms with Gasteiger partial charge in [0.2, 0.25) is 0 Å². The average Bonchev–Trinajstić information content (AvgIpc) is 2.43. The van der Waals surface area contributed by atoms with Gasteiger partial charge in [0.1, 0.15) is 5.75 Å². The van der Waals surface area contributed by atoms with Crippen LogP contribution >= 0.6 is 34.2 Å². The van der Waals surface area contributed by atoms with Gasteiger partial charge in [0.15, 0.2) is 12.4 Å². The van der Waals surface area contributed by atoms with E-state index in [1.807, 2.05) is 12.1 Å². The summed E-state index contributed by atoms with van der Waals surface area (Å²) in [6.45, 7) is -0.202. The lowest BCUT2D eigenvalue weighted by molar-refractivity contribution is -0.118. The van der Waals surface area contributed by atoms with Gasteiger partial charge in [0.05, 0.1) is 10.7 Å². The van der Waals surface area contributed by atoms with Crippen LogP contribution in [0, 0.1) is 9.39 Å². The van der Waals surface area contributed by atoms with Crippen molar-refractivity contribution in [2.75, 3.05) is 11.9 Å². The van der Waals surface area contributed by atoms with Crippen molar-refractivity contribution in [3.05, 3.63) is 56.9 Å². The highest BCUT2D eigenvalue weighted by molar-refractivity contribution is 14.1. The molecule has 2 aromatic rings. The van der Waals surface area contributed by atoms with Gasteiger partial charge in [-0.05, 0) is 59.0 Å². The summed E-state index contributed by atoms with van der Waals surface area (Å²) in [5.41, 5.74) is 0.0358. The van der Waals surface area contributed by atoms with Gasteiger partial charge in [-0.2, -0.15) is 0 Å². The van der Waals surface area contributed by atoms with Gasteiger partial charge in [-0.1, -0.05) is 17.7 Å². The van der Waals surface area contributed by atoms with Crippen LogP contribution in [0.4, 0.5) is 10.1 Å². The molecule has 2 rings (SSSR count). The molecule has 0 unspecified atom stereocenters. The second-order valence-electron chi connectivity index (χ2n) is 3.89. The Bertz CT molecular complexity index is 619. The number of hydrogen-bond acceptors (Lipinski definition) is 2. The number of rotatable bonds is 4. The molecule has 0 saturated carbocycles. The van der Waals surface area contributed by atoms with Crippen LogP contribution in [-0.2, 0) is 4.79 Å². The number of ether oxygens (including phenoxy) is 1. The molecule has 0 aliphatic rings. The molecular weight excluding hydrogens is 396 g/mol. The number of carbonyl (C=O) groups excluding carboxylic acids is 1. The predicted molar refractivity (Wildman–Crippen MR) is 84.7 cm³/mol. The van der Waals surface area contributed by atoms with Gasteiger partial charge >= 0.3 is 0 Å². The second kappa shape index (κ2) is 6.90. The Morgan fingerprint density at radius 3 is 2.65 bits per heavy atom. The SMILES string of the molecule is O=C(COc1ccc(I)cc1)Nc1cccc(Cl)c1F. The molecule has 0 fully saturated rings. The summed E-state index contributed by atoms with van der Waals surface area (Å²) in [6, 6.07) is 11.7. The van der Waals surface area contributed by atoms with Gasteiger partial charge in [-0.25, -0.2) is 4.39 Å². The van der Waals surface area contributed by atoms with Gasteiger partial charge in [0.25, 0.3) is 5.91 Å². The number of anilines is 1. The van der Waals surface area contributed by atoms with Crippen LogP contribution in [0.15, 0.2) is 42.5 Å². The van der Waals surface area contributed by atoms with Crippen molar-refractivity contribution in [3.63, 3.8) is 0 Å². The van der Waals surface area contributed by atoms with Crippen molar-refractivity contribution in [1.29, 1.82) is 0 Å². The van der Waals surface area contributed by atoms with E-state index in [0.29, 0.717) is 5.75 Å². The van der Waals surface area contributed by atoms with Crippen molar-refractivity contribution < 1.29 is 13.9 Å². The molecule has 20 heavy (non-hydrogen) atoms. The summed E-state index contributed by atoms with van der Waals surface area (Å²) in [6.07, 6.45) is 0. The fourth-order valence-corrected chi connectivity index (χ4v) is 2.00. The maximum atomic E-state index is 13.6. The van der Waals surface area contributed by atoms with E-state index in [1.54, 1.807) is 18.2 Å². The Labute approximate surface area is 134 Å². The molecule has 0 spiro atoms. The Morgan fingerprint density at radius 2 is 1.95 bits per heavy atom. The standard InChI is InChI=1S/C14H10ClFINO2/c15-11-2-1-3-12(14(11)16)18-13(19)8-20-10-6-4-9(17)5-7-10/h1-7H,8H2,(H,18,19). The van der Waals surface area contributed by atoms with Crippen molar-refractivity contribution in [2.24, 2.45) is 0 Å². The minimum atomic E-state index is -0.656. The number of halogens is 3. The number of amides is 1. The van der Waals surface area contributed by atoms with Crippen molar-refractivity contribution in [1.82, 2.24) is 0 Å². The van der Waals surface area contributed by atoms with E-state index >= 15 is 0 Å². The molecule has 2 aromatic carbocycles. The first kappa shape index (κ1) is 15.1. The minimum Gasteiger partial charge on any atom is -0.484 e. The van der Waals surface area contributed by atoms with E-state index in [-0.39, 0.29) is 17.3 Å². The molecule has 0 saturated heterocycles. The van der Waals surface area contributed by atoms with E-state index in [9.17, 15) is 9.18 Å². The van der Waals surface area contributed by atoms with E-state index in [0.717, 1.165) is 3.57 Å². The van der Waals surface area contributed by atoms with E-state index in [2.05, 4.69) is 27.9 Å². The normalized spacial score (nSPS) is 10.2. The Kier molecular flexibility index (Phi) is 5.19. The summed E-state index contributed by atoms with van der Waals surface area (Å²) in [5, 5.41) is 2.37. The van der Waals surface area contributed by atoms with E-state index in [4.69, 9.17) is 16.3 Å². The summed E-state index contributed by atoms with van der Waals surface area (Å²) in [4.78, 5) is 11.7. The van der Waals surface area contributed by atoms with E-state index < -0.39 is 11.7 Å². The Morgan fingerprint density at radius 1 is 1.25 bits per heavy atom. The zero-order valence-corrected chi connectivity index (χ0v) is 13.1. The lowest BCUT2D eigenvalue weighted by atomic mass is 10.3. The molecule has 0 radical (unpaired) electrons. The fraction of sp³-hybridized carbons (Fsp3) is 0.0714. The topological polar surface area (TPSA) is 38.3 Å². The molecule has 1 N–H and O–H groups in total. The Balaban J connectivity index is 1.92. The first-order valence-electron chi connectivity index (χ1n) is 5.68. The fourth-order valence-electron chi connectivity index (χ4n) is 1.47. The molecule has 6 heteroatoms. The monoisotopic (exact) mass is 405 g/mol. The van der Waals surface area contributed by atoms with Gasteiger partial charge < -0.3 is 10.1 Å². The molecular formula is C14H10ClFINO2. The number of carbonyl (C=O) groups is 1. The Hall–Kier alpha value is -1.34. The highest BCUT2D eigenvalue weighted by Crippen LogP contribution is 2.22. The molecule has 0 bridgehead atoms. The third-order valence-electron chi connectivity index (χ3n) is 2.41. The largest absolute Gasteiger partial charge is 0.484 e. The summed E-state index contributed by atoms with van der Waals surface area (Å²) in [7, 11) is 0. The van der Waals surface area contributed by atoms with Gasteiger partial charge in [-0.15, -0.1) is 0 Å². The van der Waals surface area contributed by atoms with Gasteiger partial charge in [-0.3, -0.25) is 4.79 Å². The van der Waals surface area contributed by atoms with Crippen LogP contribution in [0.2, 0.25) is 5.02 Å². The maximum Gasteiger partial charge on any atom is 0.262 e. The van der Waals surface area contributed by atoms with E-state index in [1.165, 1.54) is 12.1 Å².